The molecule has 0 heterocycles. The van der Waals surface area contributed by atoms with Crippen LogP contribution in [0.5, 0.6) is 0 Å². The van der Waals surface area contributed by atoms with Gasteiger partial charge in [-0.25, -0.2) is 0 Å². The monoisotopic (exact) mass is 212 g/mol. The first-order chi connectivity index (χ1) is 7.15. The van der Waals surface area contributed by atoms with Crippen LogP contribution in [0.3, 0.4) is 0 Å². The molecule has 0 aromatic heterocycles. The smallest absolute Gasteiger partial charge is 0.305 e. The van der Waals surface area contributed by atoms with E-state index in [1.807, 2.05) is 6.92 Å². The Morgan fingerprint density at radius 3 is 2.93 bits per heavy atom. The lowest BCUT2D eigenvalue weighted by Crippen LogP contribution is -2.26. The molecule has 0 aliphatic heterocycles. The van der Waals surface area contributed by atoms with Crippen molar-refractivity contribution < 1.29 is 14.3 Å². The third-order valence-corrected chi connectivity index (χ3v) is 3.40. The topological polar surface area (TPSA) is 43.4 Å². The number of carbonyl (C=O) groups excluding carboxylic acids is 2. The van der Waals surface area contributed by atoms with E-state index in [0.717, 1.165) is 32.1 Å². The highest BCUT2D eigenvalue weighted by Crippen LogP contribution is 2.30. The summed E-state index contributed by atoms with van der Waals surface area (Å²) >= 11 is 0. The number of ether oxygens (including phenoxy) is 1. The molecule has 0 amide bonds. The Morgan fingerprint density at radius 2 is 2.27 bits per heavy atom. The summed E-state index contributed by atoms with van der Waals surface area (Å²) in [6, 6.07) is 0. The van der Waals surface area contributed by atoms with Crippen molar-refractivity contribution in [3.63, 3.8) is 0 Å². The normalized spacial score (nSPS) is 26.4. The first-order valence-corrected chi connectivity index (χ1v) is 5.74. The number of ketones is 1. The van der Waals surface area contributed by atoms with Crippen LogP contribution >= 0.6 is 0 Å². The summed E-state index contributed by atoms with van der Waals surface area (Å²) in [6.45, 7) is 2.02. The third kappa shape index (κ3) is 3.65. The molecule has 0 aromatic carbocycles. The van der Waals surface area contributed by atoms with E-state index >= 15 is 0 Å². The predicted molar refractivity (Wildman–Crippen MR) is 57.4 cm³/mol. The van der Waals surface area contributed by atoms with Crippen LogP contribution < -0.4 is 0 Å². The number of rotatable bonds is 4. The van der Waals surface area contributed by atoms with Crippen molar-refractivity contribution in [3.05, 3.63) is 0 Å². The highest BCUT2D eigenvalue weighted by Gasteiger charge is 2.27. The second kappa shape index (κ2) is 5.89. The average molecular weight is 212 g/mol. The van der Waals surface area contributed by atoms with E-state index in [2.05, 4.69) is 4.74 Å². The maximum absolute atomic E-state index is 11.5. The molecule has 15 heavy (non-hydrogen) atoms. The van der Waals surface area contributed by atoms with Gasteiger partial charge in [-0.3, -0.25) is 9.59 Å². The first-order valence-electron chi connectivity index (χ1n) is 5.74. The van der Waals surface area contributed by atoms with Gasteiger partial charge in [0.2, 0.25) is 0 Å². The summed E-state index contributed by atoms with van der Waals surface area (Å²) in [5.41, 5.74) is 0. The highest BCUT2D eigenvalue weighted by atomic mass is 16.5. The van der Waals surface area contributed by atoms with Crippen molar-refractivity contribution in [2.24, 2.45) is 11.8 Å². The first kappa shape index (κ1) is 12.2. The molecule has 0 N–H and O–H groups in total. The summed E-state index contributed by atoms with van der Waals surface area (Å²) in [6.07, 6.45) is 5.19. The summed E-state index contributed by atoms with van der Waals surface area (Å²) in [4.78, 5) is 22.4. The van der Waals surface area contributed by atoms with Crippen molar-refractivity contribution in [2.45, 2.75) is 45.4 Å². The Labute approximate surface area is 91.2 Å². The lowest BCUT2D eigenvalue weighted by Gasteiger charge is -2.27. The summed E-state index contributed by atoms with van der Waals surface area (Å²) in [7, 11) is 1.41. The van der Waals surface area contributed by atoms with Gasteiger partial charge in [-0.1, -0.05) is 6.92 Å². The van der Waals surface area contributed by atoms with Gasteiger partial charge in [-0.2, -0.15) is 0 Å². The number of methoxy groups -OCH3 is 1. The van der Waals surface area contributed by atoms with E-state index < -0.39 is 0 Å². The maximum atomic E-state index is 11.5. The molecule has 1 fully saturated rings. The van der Waals surface area contributed by atoms with Crippen LogP contribution in [-0.2, 0) is 14.3 Å². The van der Waals surface area contributed by atoms with Gasteiger partial charge in [0.25, 0.3) is 0 Å². The standard InChI is InChI=1S/C12H20O3/c1-9-10(5-3-7-11(9)13)6-4-8-12(14)15-2/h9-10H,3-8H2,1-2H3. The molecule has 3 heteroatoms. The van der Waals surface area contributed by atoms with Crippen LogP contribution in [0.15, 0.2) is 0 Å². The van der Waals surface area contributed by atoms with Crippen LogP contribution in [0.2, 0.25) is 0 Å². The van der Waals surface area contributed by atoms with Crippen LogP contribution in [0.1, 0.15) is 45.4 Å². The fraction of sp³-hybridized carbons (Fsp3) is 0.833. The van der Waals surface area contributed by atoms with E-state index in [1.165, 1.54) is 7.11 Å². The molecule has 0 bridgehead atoms. The molecular weight excluding hydrogens is 192 g/mol. The minimum absolute atomic E-state index is 0.148. The zero-order valence-corrected chi connectivity index (χ0v) is 9.62. The van der Waals surface area contributed by atoms with Crippen molar-refractivity contribution in [2.75, 3.05) is 7.11 Å². The van der Waals surface area contributed by atoms with Gasteiger partial charge < -0.3 is 4.74 Å². The van der Waals surface area contributed by atoms with Gasteiger partial charge in [0.15, 0.2) is 0 Å². The van der Waals surface area contributed by atoms with Crippen molar-refractivity contribution in [1.29, 1.82) is 0 Å². The average Bonchev–Trinajstić information content (AvgIpc) is 2.24. The number of esters is 1. The second-order valence-electron chi connectivity index (χ2n) is 4.38. The van der Waals surface area contributed by atoms with Gasteiger partial charge in [0.05, 0.1) is 7.11 Å². The third-order valence-electron chi connectivity index (χ3n) is 3.40. The molecule has 1 aliphatic rings. The zero-order chi connectivity index (χ0) is 11.3. The molecule has 2 unspecified atom stereocenters. The van der Waals surface area contributed by atoms with Gasteiger partial charge in [-0.05, 0) is 31.6 Å². The SMILES string of the molecule is COC(=O)CCCC1CCCC(=O)C1C. The fourth-order valence-corrected chi connectivity index (χ4v) is 2.28. The van der Waals surface area contributed by atoms with Crippen LogP contribution in [0, 0.1) is 11.8 Å². The predicted octanol–water partition coefficient (Wildman–Crippen LogP) is 2.33. The summed E-state index contributed by atoms with van der Waals surface area (Å²) < 4.78 is 4.58. The number of hydrogen-bond donors (Lipinski definition) is 0. The Bertz CT molecular complexity index is 235. The molecule has 3 nitrogen and oxygen atoms in total. The van der Waals surface area contributed by atoms with E-state index in [1.54, 1.807) is 0 Å². The van der Waals surface area contributed by atoms with Gasteiger partial charge in [0, 0.05) is 18.8 Å². The van der Waals surface area contributed by atoms with E-state index in [0.29, 0.717) is 18.1 Å². The van der Waals surface area contributed by atoms with E-state index in [-0.39, 0.29) is 11.9 Å². The molecule has 1 rings (SSSR count). The lowest BCUT2D eigenvalue weighted by molar-refractivity contribution is -0.140. The molecule has 0 radical (unpaired) electrons. The Morgan fingerprint density at radius 1 is 1.53 bits per heavy atom. The number of carbonyl (C=O) groups is 2. The maximum Gasteiger partial charge on any atom is 0.305 e. The highest BCUT2D eigenvalue weighted by molar-refractivity contribution is 5.81. The quantitative estimate of drug-likeness (QED) is 0.672. The minimum Gasteiger partial charge on any atom is -0.469 e. The molecule has 0 saturated heterocycles. The Kier molecular flexibility index (Phi) is 4.79. The number of hydrogen-bond acceptors (Lipinski definition) is 3. The van der Waals surface area contributed by atoms with Crippen LogP contribution in [0.4, 0.5) is 0 Å². The molecule has 86 valence electrons. The molecular formula is C12H20O3. The molecule has 0 spiro atoms. The van der Waals surface area contributed by atoms with Gasteiger partial charge in [0.1, 0.15) is 5.78 Å². The van der Waals surface area contributed by atoms with Crippen LogP contribution in [0.25, 0.3) is 0 Å². The zero-order valence-electron chi connectivity index (χ0n) is 9.62. The van der Waals surface area contributed by atoms with Gasteiger partial charge in [-0.15, -0.1) is 0 Å². The minimum atomic E-state index is -0.148. The number of Topliss-reactive ketones (excluding diaryl/α,β-unsaturated/α-hetero) is 1. The largest absolute Gasteiger partial charge is 0.469 e. The summed E-state index contributed by atoms with van der Waals surface area (Å²) in [5.74, 6) is 0.918. The van der Waals surface area contributed by atoms with Crippen molar-refractivity contribution in [3.8, 4) is 0 Å². The summed E-state index contributed by atoms with van der Waals surface area (Å²) in [5, 5.41) is 0. The molecule has 1 aliphatic carbocycles. The fourth-order valence-electron chi connectivity index (χ4n) is 2.28. The molecule has 2 atom stereocenters. The lowest BCUT2D eigenvalue weighted by atomic mass is 9.77. The second-order valence-corrected chi connectivity index (χ2v) is 4.38. The van der Waals surface area contributed by atoms with Crippen LogP contribution in [-0.4, -0.2) is 18.9 Å². The molecule has 1 saturated carbocycles. The van der Waals surface area contributed by atoms with E-state index in [9.17, 15) is 9.59 Å². The van der Waals surface area contributed by atoms with Crippen molar-refractivity contribution in [1.82, 2.24) is 0 Å². The Balaban J connectivity index is 2.25. The van der Waals surface area contributed by atoms with E-state index in [4.69, 9.17) is 0 Å². The molecule has 0 aromatic rings. The Hall–Kier alpha value is -0.860. The van der Waals surface area contributed by atoms with Crippen molar-refractivity contribution >= 4 is 11.8 Å². The van der Waals surface area contributed by atoms with Gasteiger partial charge >= 0.3 is 5.97 Å².